The summed E-state index contributed by atoms with van der Waals surface area (Å²) in [5.41, 5.74) is 3.61. The molecule has 0 spiro atoms. The van der Waals surface area contributed by atoms with Gasteiger partial charge in [-0.2, -0.15) is 12.6 Å². The van der Waals surface area contributed by atoms with Gasteiger partial charge in [-0.1, -0.05) is 54.1 Å². The highest BCUT2D eigenvalue weighted by molar-refractivity contribution is 7.80. The number of halogens is 1. The Bertz CT molecular complexity index is 847. The summed E-state index contributed by atoms with van der Waals surface area (Å²) < 4.78 is 0. The van der Waals surface area contributed by atoms with Crippen LogP contribution in [-0.4, -0.2) is 13.0 Å². The second-order valence-electron chi connectivity index (χ2n) is 5.78. The second kappa shape index (κ2) is 7.77. The average molecular weight is 368 g/mol. The largest absolute Gasteiger partial charge is 0.311 e. The van der Waals surface area contributed by atoms with Crippen LogP contribution in [0, 0.1) is 0 Å². The Morgan fingerprint density at radius 1 is 0.880 bits per heavy atom. The molecule has 0 N–H and O–H groups in total. The Morgan fingerprint density at radius 2 is 1.40 bits per heavy atom. The number of para-hydroxylation sites is 1. The van der Waals surface area contributed by atoms with E-state index in [1.54, 1.807) is 11.9 Å². The minimum absolute atomic E-state index is 0.0417. The third-order valence-corrected chi connectivity index (χ3v) is 4.96. The normalized spacial score (nSPS) is 11.8. The molecule has 0 bridgehead atoms. The van der Waals surface area contributed by atoms with Gasteiger partial charge in [0.05, 0.1) is 5.25 Å². The van der Waals surface area contributed by atoms with Crippen LogP contribution in [0.15, 0.2) is 78.9 Å². The van der Waals surface area contributed by atoms with Gasteiger partial charge in [0.15, 0.2) is 0 Å². The minimum Gasteiger partial charge on any atom is -0.311 e. The van der Waals surface area contributed by atoms with E-state index in [0.717, 1.165) is 16.8 Å². The third kappa shape index (κ3) is 4.06. The molecule has 0 heterocycles. The van der Waals surface area contributed by atoms with Gasteiger partial charge in [-0.15, -0.1) is 0 Å². The lowest BCUT2D eigenvalue weighted by molar-refractivity contribution is 0.0993. The van der Waals surface area contributed by atoms with Crippen LogP contribution in [0.4, 0.5) is 5.69 Å². The Hall–Kier alpha value is -2.23. The molecule has 0 aliphatic heterocycles. The molecule has 1 amide bonds. The highest BCUT2D eigenvalue weighted by Crippen LogP contribution is 2.29. The first kappa shape index (κ1) is 17.6. The van der Waals surface area contributed by atoms with Gasteiger partial charge in [0.2, 0.25) is 0 Å². The lowest BCUT2D eigenvalue weighted by atomic mass is 10.0. The lowest BCUT2D eigenvalue weighted by Gasteiger charge is -2.18. The molecule has 3 rings (SSSR count). The highest BCUT2D eigenvalue weighted by atomic mass is 35.5. The maximum Gasteiger partial charge on any atom is 0.258 e. The minimum atomic E-state index is -0.0618. The number of thiol groups is 1. The molecule has 4 heteroatoms. The number of rotatable bonds is 4. The summed E-state index contributed by atoms with van der Waals surface area (Å²) in [6, 6.07) is 24.8. The summed E-state index contributed by atoms with van der Waals surface area (Å²) >= 11 is 10.6. The molecule has 0 saturated carbocycles. The van der Waals surface area contributed by atoms with Crippen molar-refractivity contribution in [3.8, 4) is 0 Å². The average Bonchev–Trinajstić information content (AvgIpc) is 2.67. The van der Waals surface area contributed by atoms with Gasteiger partial charge >= 0.3 is 0 Å². The first-order valence-corrected chi connectivity index (χ1v) is 8.82. The molecule has 1 unspecified atom stereocenters. The Morgan fingerprint density at radius 3 is 1.96 bits per heavy atom. The molecule has 2 nitrogen and oxygen atoms in total. The van der Waals surface area contributed by atoms with Gasteiger partial charge in [0.25, 0.3) is 5.91 Å². The highest BCUT2D eigenvalue weighted by Gasteiger charge is 2.15. The molecular weight excluding hydrogens is 350 g/mol. The molecule has 0 radical (unpaired) electrons. The number of hydrogen-bond acceptors (Lipinski definition) is 2. The van der Waals surface area contributed by atoms with Gasteiger partial charge in [-0.25, -0.2) is 0 Å². The summed E-state index contributed by atoms with van der Waals surface area (Å²) in [5.74, 6) is -0.0417. The van der Waals surface area contributed by atoms with E-state index in [9.17, 15) is 4.79 Å². The van der Waals surface area contributed by atoms with Gasteiger partial charge in [0.1, 0.15) is 0 Å². The van der Waals surface area contributed by atoms with E-state index in [1.807, 2.05) is 78.9 Å². The number of carbonyl (C=O) groups is 1. The molecule has 1 atom stereocenters. The molecule has 0 aliphatic rings. The zero-order chi connectivity index (χ0) is 17.8. The number of benzene rings is 3. The summed E-state index contributed by atoms with van der Waals surface area (Å²) in [6.07, 6.45) is 0. The van der Waals surface area contributed by atoms with Crippen LogP contribution in [0.1, 0.15) is 26.7 Å². The van der Waals surface area contributed by atoms with Gasteiger partial charge < -0.3 is 4.90 Å². The van der Waals surface area contributed by atoms with Crippen LogP contribution in [-0.2, 0) is 0 Å². The number of carbonyl (C=O) groups excluding carboxylic acids is 1. The maximum atomic E-state index is 12.6. The summed E-state index contributed by atoms with van der Waals surface area (Å²) in [4.78, 5) is 14.3. The van der Waals surface area contributed by atoms with Crippen molar-refractivity contribution in [2.45, 2.75) is 5.25 Å². The Balaban J connectivity index is 1.77. The lowest BCUT2D eigenvalue weighted by Crippen LogP contribution is -2.26. The fraction of sp³-hybridized carbons (Fsp3) is 0.0952. The summed E-state index contributed by atoms with van der Waals surface area (Å²) in [7, 11) is 1.78. The molecule has 0 fully saturated rings. The number of nitrogens with zero attached hydrogens (tertiary/aromatic N) is 1. The predicted molar refractivity (Wildman–Crippen MR) is 108 cm³/mol. The molecule has 0 aromatic heterocycles. The monoisotopic (exact) mass is 367 g/mol. The van der Waals surface area contributed by atoms with E-state index in [1.165, 1.54) is 0 Å². The summed E-state index contributed by atoms with van der Waals surface area (Å²) in [5, 5.41) is 0.641. The molecule has 126 valence electrons. The SMILES string of the molecule is CN(C(=O)c1ccc(C(S)c2ccc(Cl)cc2)cc1)c1ccccc1. The summed E-state index contributed by atoms with van der Waals surface area (Å²) in [6.45, 7) is 0. The van der Waals surface area contributed by atoms with Gasteiger partial charge in [-0.05, 0) is 47.5 Å². The molecule has 25 heavy (non-hydrogen) atoms. The Labute approximate surface area is 158 Å². The fourth-order valence-electron chi connectivity index (χ4n) is 2.61. The third-order valence-electron chi connectivity index (χ3n) is 4.11. The van der Waals surface area contributed by atoms with Crippen LogP contribution in [0.3, 0.4) is 0 Å². The van der Waals surface area contributed by atoms with Gasteiger partial charge in [-0.3, -0.25) is 4.79 Å². The standard InChI is InChI=1S/C21H18ClNOS/c1-23(19-5-3-2-4-6-19)21(24)17-9-7-15(8-10-17)20(25)16-11-13-18(22)14-12-16/h2-14,20,25H,1H3. The van der Waals surface area contributed by atoms with Crippen LogP contribution in [0.25, 0.3) is 0 Å². The van der Waals surface area contributed by atoms with E-state index in [-0.39, 0.29) is 11.2 Å². The van der Waals surface area contributed by atoms with Crippen molar-refractivity contribution in [3.05, 3.63) is 101 Å². The van der Waals surface area contributed by atoms with Crippen molar-refractivity contribution in [2.24, 2.45) is 0 Å². The van der Waals surface area contributed by atoms with Crippen LogP contribution in [0.2, 0.25) is 5.02 Å². The van der Waals surface area contributed by atoms with Crippen LogP contribution in [0.5, 0.6) is 0 Å². The second-order valence-corrected chi connectivity index (χ2v) is 6.73. The van der Waals surface area contributed by atoms with E-state index < -0.39 is 0 Å². The Kier molecular flexibility index (Phi) is 5.47. The van der Waals surface area contributed by atoms with E-state index >= 15 is 0 Å². The van der Waals surface area contributed by atoms with Crippen LogP contribution >= 0.6 is 24.2 Å². The first-order valence-electron chi connectivity index (χ1n) is 7.93. The molecule has 0 aliphatic carbocycles. The molecule has 0 saturated heterocycles. The molecule has 3 aromatic rings. The molecular formula is C21H18ClNOS. The van der Waals surface area contributed by atoms with Crippen molar-refractivity contribution in [3.63, 3.8) is 0 Å². The van der Waals surface area contributed by atoms with Crippen LogP contribution < -0.4 is 4.90 Å². The topological polar surface area (TPSA) is 20.3 Å². The first-order chi connectivity index (χ1) is 12.1. The van der Waals surface area contributed by atoms with E-state index in [0.29, 0.717) is 10.6 Å². The van der Waals surface area contributed by atoms with Crippen molar-refractivity contribution in [2.75, 3.05) is 11.9 Å². The molecule has 3 aromatic carbocycles. The van der Waals surface area contributed by atoms with E-state index in [4.69, 9.17) is 11.6 Å². The van der Waals surface area contributed by atoms with Crippen molar-refractivity contribution in [1.29, 1.82) is 0 Å². The van der Waals surface area contributed by atoms with E-state index in [2.05, 4.69) is 12.6 Å². The van der Waals surface area contributed by atoms with Crippen molar-refractivity contribution in [1.82, 2.24) is 0 Å². The van der Waals surface area contributed by atoms with Crippen molar-refractivity contribution < 1.29 is 4.79 Å². The zero-order valence-corrected chi connectivity index (χ0v) is 15.4. The quantitative estimate of drug-likeness (QED) is 0.592. The maximum absolute atomic E-state index is 12.6. The number of amides is 1. The van der Waals surface area contributed by atoms with Gasteiger partial charge in [0, 0.05) is 23.3 Å². The van der Waals surface area contributed by atoms with Crippen molar-refractivity contribution >= 4 is 35.8 Å². The smallest absolute Gasteiger partial charge is 0.258 e. The fourth-order valence-corrected chi connectivity index (χ4v) is 3.08. The number of hydrogen-bond donors (Lipinski definition) is 1. The number of anilines is 1. The predicted octanol–water partition coefficient (Wildman–Crippen LogP) is 5.64. The zero-order valence-electron chi connectivity index (χ0n) is 13.8.